The molecule has 0 spiro atoms. The van der Waals surface area contributed by atoms with Crippen LogP contribution in [0.1, 0.15) is 16.1 Å². The van der Waals surface area contributed by atoms with Crippen LogP contribution < -0.4 is 10.1 Å². The van der Waals surface area contributed by atoms with Crippen molar-refractivity contribution >= 4 is 17.2 Å². The van der Waals surface area contributed by atoms with Gasteiger partial charge in [-0.05, 0) is 30.7 Å². The van der Waals surface area contributed by atoms with E-state index in [2.05, 4.69) is 15.3 Å². The summed E-state index contributed by atoms with van der Waals surface area (Å²) in [6.45, 7) is 2.41. The summed E-state index contributed by atoms with van der Waals surface area (Å²) in [6, 6.07) is 11.6. The number of nitrogens with zero attached hydrogens (tertiary/aromatic N) is 2. The van der Waals surface area contributed by atoms with E-state index < -0.39 is 0 Å². The maximum absolute atomic E-state index is 12.2. The van der Waals surface area contributed by atoms with Gasteiger partial charge in [-0.25, -0.2) is 4.98 Å². The molecule has 0 aliphatic heterocycles. The van der Waals surface area contributed by atoms with E-state index in [-0.39, 0.29) is 5.91 Å². The minimum absolute atomic E-state index is 0.0258. The predicted octanol–water partition coefficient (Wildman–Crippen LogP) is 3.38. The Balaban J connectivity index is 1.69. The standard InChI is InChI=1S/C19H19N3O2S/c1-13-17(10-18(23)21-12-14-6-5-9-20-11-14)25-19(22-13)15-7-3-4-8-16(15)24-2/h3-9,11H,10,12H2,1-2H3,(H,21,23). The molecule has 1 amide bonds. The molecule has 2 heterocycles. The van der Waals surface area contributed by atoms with E-state index >= 15 is 0 Å². The number of methoxy groups -OCH3 is 1. The Labute approximate surface area is 150 Å². The lowest BCUT2D eigenvalue weighted by Gasteiger charge is -2.05. The van der Waals surface area contributed by atoms with Crippen LogP contribution in [0.4, 0.5) is 0 Å². The van der Waals surface area contributed by atoms with Crippen molar-refractivity contribution in [3.63, 3.8) is 0 Å². The maximum Gasteiger partial charge on any atom is 0.225 e. The van der Waals surface area contributed by atoms with Crippen molar-refractivity contribution in [1.82, 2.24) is 15.3 Å². The molecule has 0 radical (unpaired) electrons. The van der Waals surface area contributed by atoms with Gasteiger partial charge in [-0.2, -0.15) is 0 Å². The molecular formula is C19H19N3O2S. The molecule has 25 heavy (non-hydrogen) atoms. The van der Waals surface area contributed by atoms with E-state index in [0.717, 1.165) is 32.5 Å². The molecule has 128 valence electrons. The molecule has 0 saturated heterocycles. The Morgan fingerprint density at radius 3 is 2.84 bits per heavy atom. The van der Waals surface area contributed by atoms with E-state index in [1.165, 1.54) is 11.3 Å². The van der Waals surface area contributed by atoms with Gasteiger partial charge in [-0.3, -0.25) is 9.78 Å². The second-order valence-electron chi connectivity index (χ2n) is 5.54. The number of carbonyl (C=O) groups excluding carboxylic acids is 1. The van der Waals surface area contributed by atoms with Crippen LogP contribution in [-0.2, 0) is 17.8 Å². The fourth-order valence-electron chi connectivity index (χ4n) is 2.44. The molecule has 0 atom stereocenters. The first-order valence-corrected chi connectivity index (χ1v) is 8.74. The topological polar surface area (TPSA) is 64.1 Å². The summed E-state index contributed by atoms with van der Waals surface area (Å²) >= 11 is 1.53. The number of hydrogen-bond acceptors (Lipinski definition) is 5. The highest BCUT2D eigenvalue weighted by Gasteiger charge is 2.15. The molecule has 0 aliphatic rings. The second kappa shape index (κ2) is 7.90. The van der Waals surface area contributed by atoms with Crippen LogP contribution >= 0.6 is 11.3 Å². The number of para-hydroxylation sites is 1. The summed E-state index contributed by atoms with van der Waals surface area (Å²) in [5.74, 6) is 0.756. The van der Waals surface area contributed by atoms with Gasteiger partial charge in [0.05, 0.1) is 24.8 Å². The van der Waals surface area contributed by atoms with Gasteiger partial charge < -0.3 is 10.1 Å². The normalized spacial score (nSPS) is 10.5. The van der Waals surface area contributed by atoms with E-state index in [4.69, 9.17) is 4.74 Å². The third-order valence-electron chi connectivity index (χ3n) is 3.76. The largest absolute Gasteiger partial charge is 0.496 e. The van der Waals surface area contributed by atoms with Crippen molar-refractivity contribution in [3.8, 4) is 16.3 Å². The van der Waals surface area contributed by atoms with E-state index in [9.17, 15) is 4.79 Å². The van der Waals surface area contributed by atoms with Crippen molar-refractivity contribution in [3.05, 3.63) is 64.9 Å². The summed E-state index contributed by atoms with van der Waals surface area (Å²) in [6.07, 6.45) is 3.78. The first kappa shape index (κ1) is 17.1. The molecule has 0 fully saturated rings. The number of pyridine rings is 1. The van der Waals surface area contributed by atoms with Crippen LogP contribution in [0.3, 0.4) is 0 Å². The smallest absolute Gasteiger partial charge is 0.225 e. The van der Waals surface area contributed by atoms with Gasteiger partial charge in [0.2, 0.25) is 5.91 Å². The molecule has 0 saturated carbocycles. The zero-order valence-electron chi connectivity index (χ0n) is 14.2. The van der Waals surface area contributed by atoms with Crippen LogP contribution in [0.15, 0.2) is 48.8 Å². The van der Waals surface area contributed by atoms with Gasteiger partial charge in [-0.1, -0.05) is 18.2 Å². The minimum Gasteiger partial charge on any atom is -0.496 e. The number of nitrogens with one attached hydrogen (secondary N) is 1. The number of hydrogen-bond donors (Lipinski definition) is 1. The van der Waals surface area contributed by atoms with E-state index in [1.54, 1.807) is 19.5 Å². The fraction of sp³-hybridized carbons (Fsp3) is 0.211. The lowest BCUT2D eigenvalue weighted by molar-refractivity contribution is -0.120. The Bertz CT molecular complexity index is 862. The number of amides is 1. The van der Waals surface area contributed by atoms with Crippen LogP contribution in [0.25, 0.3) is 10.6 Å². The van der Waals surface area contributed by atoms with E-state index in [0.29, 0.717) is 13.0 Å². The Kier molecular flexibility index (Phi) is 5.40. The molecule has 0 unspecified atom stereocenters. The predicted molar refractivity (Wildman–Crippen MR) is 98.6 cm³/mol. The number of benzene rings is 1. The quantitative estimate of drug-likeness (QED) is 0.738. The second-order valence-corrected chi connectivity index (χ2v) is 6.63. The molecular weight excluding hydrogens is 334 g/mol. The van der Waals surface area contributed by atoms with Crippen LogP contribution in [0.5, 0.6) is 5.75 Å². The number of carbonyl (C=O) groups is 1. The number of ether oxygens (including phenoxy) is 1. The monoisotopic (exact) mass is 353 g/mol. The van der Waals surface area contributed by atoms with Crippen molar-refractivity contribution in [2.75, 3.05) is 7.11 Å². The molecule has 1 N–H and O–H groups in total. The SMILES string of the molecule is COc1ccccc1-c1nc(C)c(CC(=O)NCc2cccnc2)s1. The highest BCUT2D eigenvalue weighted by molar-refractivity contribution is 7.15. The van der Waals surface area contributed by atoms with Crippen molar-refractivity contribution < 1.29 is 9.53 Å². The van der Waals surface area contributed by atoms with Gasteiger partial charge in [0.15, 0.2) is 0 Å². The summed E-state index contributed by atoms with van der Waals surface area (Å²) < 4.78 is 5.40. The Hall–Kier alpha value is -2.73. The van der Waals surface area contributed by atoms with Crippen LogP contribution in [0, 0.1) is 6.92 Å². The molecule has 3 rings (SSSR count). The third-order valence-corrected chi connectivity index (χ3v) is 4.95. The van der Waals surface area contributed by atoms with E-state index in [1.807, 2.05) is 43.3 Å². The van der Waals surface area contributed by atoms with Gasteiger partial charge in [-0.15, -0.1) is 11.3 Å². The number of aromatic nitrogens is 2. The average molecular weight is 353 g/mol. The van der Waals surface area contributed by atoms with Crippen molar-refractivity contribution in [1.29, 1.82) is 0 Å². The summed E-state index contributed by atoms with van der Waals surface area (Å²) in [5, 5.41) is 3.79. The highest BCUT2D eigenvalue weighted by Crippen LogP contribution is 2.34. The first-order chi connectivity index (χ1) is 12.2. The molecule has 2 aromatic heterocycles. The molecule has 1 aromatic carbocycles. The van der Waals surface area contributed by atoms with Gasteiger partial charge >= 0.3 is 0 Å². The summed E-state index contributed by atoms with van der Waals surface area (Å²) in [7, 11) is 1.64. The molecule has 3 aromatic rings. The van der Waals surface area contributed by atoms with Crippen LogP contribution in [0.2, 0.25) is 0 Å². The lowest BCUT2D eigenvalue weighted by Crippen LogP contribution is -2.24. The molecule has 0 aliphatic carbocycles. The summed E-state index contributed by atoms with van der Waals surface area (Å²) in [4.78, 5) is 21.8. The first-order valence-electron chi connectivity index (χ1n) is 7.92. The molecule has 6 heteroatoms. The van der Waals surface area contributed by atoms with Gasteiger partial charge in [0.25, 0.3) is 0 Å². The lowest BCUT2D eigenvalue weighted by atomic mass is 10.2. The Morgan fingerprint density at radius 2 is 2.08 bits per heavy atom. The zero-order chi connectivity index (χ0) is 17.6. The van der Waals surface area contributed by atoms with Gasteiger partial charge in [0, 0.05) is 23.8 Å². The zero-order valence-corrected chi connectivity index (χ0v) is 15.0. The fourth-order valence-corrected chi connectivity index (χ4v) is 3.53. The number of aryl methyl sites for hydroxylation is 1. The number of rotatable bonds is 6. The van der Waals surface area contributed by atoms with Crippen molar-refractivity contribution in [2.24, 2.45) is 0 Å². The molecule has 5 nitrogen and oxygen atoms in total. The third kappa shape index (κ3) is 4.22. The minimum atomic E-state index is -0.0258. The van der Waals surface area contributed by atoms with Crippen LogP contribution in [-0.4, -0.2) is 23.0 Å². The maximum atomic E-state index is 12.2. The molecule has 0 bridgehead atoms. The number of thiazole rings is 1. The van der Waals surface area contributed by atoms with Crippen molar-refractivity contribution in [2.45, 2.75) is 19.9 Å². The van der Waals surface area contributed by atoms with Gasteiger partial charge in [0.1, 0.15) is 10.8 Å². The Morgan fingerprint density at radius 1 is 1.24 bits per heavy atom. The summed E-state index contributed by atoms with van der Waals surface area (Å²) in [5.41, 5.74) is 2.80. The highest BCUT2D eigenvalue weighted by atomic mass is 32.1. The average Bonchev–Trinajstić information content (AvgIpc) is 3.01.